The molecule has 0 aliphatic rings. The van der Waals surface area contributed by atoms with Gasteiger partial charge in [-0.2, -0.15) is 10.4 Å². The van der Waals surface area contributed by atoms with Gasteiger partial charge < -0.3 is 0 Å². The van der Waals surface area contributed by atoms with Crippen molar-refractivity contribution in [3.63, 3.8) is 0 Å². The van der Waals surface area contributed by atoms with Crippen LogP contribution in [0.15, 0.2) is 36.4 Å². The van der Waals surface area contributed by atoms with Crippen molar-refractivity contribution in [3.05, 3.63) is 47.8 Å². The first-order chi connectivity index (χ1) is 10.0. The van der Waals surface area contributed by atoms with Crippen LogP contribution in [-0.4, -0.2) is 19.8 Å². The van der Waals surface area contributed by atoms with Gasteiger partial charge in [0.25, 0.3) is 0 Å². The topological polar surface area (TPSA) is 66.9 Å². The summed E-state index contributed by atoms with van der Waals surface area (Å²) in [6.07, 6.45) is 0. The molecule has 0 fully saturated rings. The van der Waals surface area contributed by atoms with Gasteiger partial charge in [-0.1, -0.05) is 51.1 Å². The third-order valence-electron chi connectivity index (χ3n) is 3.26. The van der Waals surface area contributed by atoms with E-state index >= 15 is 0 Å². The Morgan fingerprint density at radius 3 is 2.43 bits per heavy atom. The minimum absolute atomic E-state index is 0.251. The second-order valence-corrected chi connectivity index (χ2v) is 5.92. The predicted octanol–water partition coefficient (Wildman–Crippen LogP) is 2.96. The number of benzene rings is 1. The number of nitriles is 1. The molecule has 0 bridgehead atoms. The van der Waals surface area contributed by atoms with Gasteiger partial charge in [-0.15, -0.1) is 10.2 Å². The fourth-order valence-electron chi connectivity index (χ4n) is 2.35. The van der Waals surface area contributed by atoms with Gasteiger partial charge in [-0.25, -0.2) is 4.52 Å². The summed E-state index contributed by atoms with van der Waals surface area (Å²) in [7, 11) is 0. The summed E-state index contributed by atoms with van der Waals surface area (Å²) in [4.78, 5) is 0. The Labute approximate surface area is 122 Å². The highest BCUT2D eigenvalue weighted by molar-refractivity contribution is 5.64. The zero-order valence-electron chi connectivity index (χ0n) is 12.2. The molecule has 2 aromatic heterocycles. The van der Waals surface area contributed by atoms with Crippen LogP contribution in [0.2, 0.25) is 0 Å². The van der Waals surface area contributed by atoms with E-state index in [-0.39, 0.29) is 5.41 Å². The van der Waals surface area contributed by atoms with Crippen LogP contribution in [0.1, 0.15) is 32.2 Å². The molecule has 0 saturated carbocycles. The van der Waals surface area contributed by atoms with Crippen LogP contribution in [0, 0.1) is 11.3 Å². The molecule has 3 rings (SSSR count). The molecule has 1 aromatic carbocycles. The summed E-state index contributed by atoms with van der Waals surface area (Å²) < 4.78 is 1.73. The van der Waals surface area contributed by atoms with Crippen molar-refractivity contribution in [3.8, 4) is 17.3 Å². The number of rotatable bonds is 1. The highest BCUT2D eigenvalue weighted by Crippen LogP contribution is 2.26. The molecule has 0 N–H and O–H groups in total. The Kier molecular flexibility index (Phi) is 2.95. The van der Waals surface area contributed by atoms with Gasteiger partial charge in [-0.05, 0) is 0 Å². The second kappa shape index (κ2) is 4.67. The molecular formula is C16H15N5. The Hall–Kier alpha value is -2.74. The van der Waals surface area contributed by atoms with Crippen LogP contribution >= 0.6 is 0 Å². The van der Waals surface area contributed by atoms with Crippen LogP contribution in [-0.2, 0) is 5.41 Å². The molecule has 21 heavy (non-hydrogen) atoms. The standard InChI is InChI=1S/C16H15N5/c1-16(2,3)15-13(10-17)18-19-14-9-12(20-21(14)15)11-7-5-4-6-8-11/h4-9H,1-3H3. The van der Waals surface area contributed by atoms with Crippen molar-refractivity contribution in [1.82, 2.24) is 19.8 Å². The van der Waals surface area contributed by atoms with E-state index < -0.39 is 0 Å². The lowest BCUT2D eigenvalue weighted by atomic mass is 9.90. The Morgan fingerprint density at radius 2 is 1.81 bits per heavy atom. The molecule has 0 radical (unpaired) electrons. The fourth-order valence-corrected chi connectivity index (χ4v) is 2.35. The SMILES string of the molecule is CC(C)(C)c1c(C#N)nnc2cc(-c3ccccc3)nn12. The molecule has 0 aliphatic carbocycles. The molecular weight excluding hydrogens is 262 g/mol. The number of hydrogen-bond acceptors (Lipinski definition) is 4. The first kappa shape index (κ1) is 13.3. The summed E-state index contributed by atoms with van der Waals surface area (Å²) in [6, 6.07) is 13.9. The highest BCUT2D eigenvalue weighted by Gasteiger charge is 2.25. The van der Waals surface area contributed by atoms with E-state index in [4.69, 9.17) is 0 Å². The molecule has 0 spiro atoms. The van der Waals surface area contributed by atoms with Gasteiger partial charge in [0, 0.05) is 17.0 Å². The van der Waals surface area contributed by atoms with E-state index in [1.165, 1.54) is 0 Å². The van der Waals surface area contributed by atoms with Crippen molar-refractivity contribution in [1.29, 1.82) is 5.26 Å². The van der Waals surface area contributed by atoms with Crippen molar-refractivity contribution in [2.75, 3.05) is 0 Å². The Balaban J connectivity index is 2.30. The molecule has 0 atom stereocenters. The number of aromatic nitrogens is 4. The average Bonchev–Trinajstić information content (AvgIpc) is 2.89. The second-order valence-electron chi connectivity index (χ2n) is 5.92. The van der Waals surface area contributed by atoms with Crippen LogP contribution in [0.4, 0.5) is 0 Å². The maximum absolute atomic E-state index is 9.27. The summed E-state index contributed by atoms with van der Waals surface area (Å²) in [5.74, 6) is 0. The summed E-state index contributed by atoms with van der Waals surface area (Å²) in [5.41, 5.74) is 3.33. The van der Waals surface area contributed by atoms with E-state index in [0.29, 0.717) is 11.3 Å². The molecule has 0 saturated heterocycles. The fraction of sp³-hybridized carbons (Fsp3) is 0.250. The lowest BCUT2D eigenvalue weighted by Gasteiger charge is -2.19. The summed E-state index contributed by atoms with van der Waals surface area (Å²) in [5, 5.41) is 22.0. The van der Waals surface area contributed by atoms with Crippen molar-refractivity contribution in [2.24, 2.45) is 0 Å². The molecule has 0 amide bonds. The molecule has 0 unspecified atom stereocenters. The molecule has 5 heteroatoms. The molecule has 0 aliphatic heterocycles. The summed E-state index contributed by atoms with van der Waals surface area (Å²) in [6.45, 7) is 6.11. The van der Waals surface area contributed by atoms with Crippen LogP contribution in [0.25, 0.3) is 16.9 Å². The number of nitrogens with zero attached hydrogens (tertiary/aromatic N) is 5. The zero-order valence-corrected chi connectivity index (χ0v) is 12.2. The van der Waals surface area contributed by atoms with Gasteiger partial charge >= 0.3 is 0 Å². The predicted molar refractivity (Wildman–Crippen MR) is 79.6 cm³/mol. The van der Waals surface area contributed by atoms with E-state index in [9.17, 15) is 5.26 Å². The molecule has 104 valence electrons. The monoisotopic (exact) mass is 277 g/mol. The quantitative estimate of drug-likeness (QED) is 0.686. The van der Waals surface area contributed by atoms with Gasteiger partial charge in [0.1, 0.15) is 6.07 Å². The molecule has 3 aromatic rings. The van der Waals surface area contributed by atoms with Gasteiger partial charge in [0.2, 0.25) is 0 Å². The van der Waals surface area contributed by atoms with E-state index in [1.807, 2.05) is 57.2 Å². The highest BCUT2D eigenvalue weighted by atomic mass is 15.3. The molecule has 2 heterocycles. The maximum Gasteiger partial charge on any atom is 0.185 e. The van der Waals surface area contributed by atoms with Crippen molar-refractivity contribution >= 4 is 5.65 Å². The van der Waals surface area contributed by atoms with E-state index in [2.05, 4.69) is 21.4 Å². The lowest BCUT2D eigenvalue weighted by molar-refractivity contribution is 0.538. The van der Waals surface area contributed by atoms with E-state index in [0.717, 1.165) is 17.0 Å². The largest absolute Gasteiger partial charge is 0.213 e. The van der Waals surface area contributed by atoms with Gasteiger partial charge in [0.05, 0.1) is 11.4 Å². The maximum atomic E-state index is 9.27. The zero-order chi connectivity index (χ0) is 15.0. The van der Waals surface area contributed by atoms with Crippen LogP contribution < -0.4 is 0 Å². The smallest absolute Gasteiger partial charge is 0.185 e. The lowest BCUT2D eigenvalue weighted by Crippen LogP contribution is -2.21. The number of fused-ring (bicyclic) bond motifs is 1. The van der Waals surface area contributed by atoms with E-state index in [1.54, 1.807) is 4.52 Å². The van der Waals surface area contributed by atoms with Gasteiger partial charge in [-0.3, -0.25) is 0 Å². The van der Waals surface area contributed by atoms with Crippen LogP contribution in [0.3, 0.4) is 0 Å². The average molecular weight is 277 g/mol. The van der Waals surface area contributed by atoms with Gasteiger partial charge in [0.15, 0.2) is 11.3 Å². The minimum Gasteiger partial charge on any atom is -0.213 e. The third-order valence-corrected chi connectivity index (χ3v) is 3.26. The first-order valence-corrected chi connectivity index (χ1v) is 6.73. The molecule has 5 nitrogen and oxygen atoms in total. The first-order valence-electron chi connectivity index (χ1n) is 6.73. The van der Waals surface area contributed by atoms with Crippen molar-refractivity contribution in [2.45, 2.75) is 26.2 Å². The van der Waals surface area contributed by atoms with Crippen LogP contribution in [0.5, 0.6) is 0 Å². The Morgan fingerprint density at radius 1 is 1.10 bits per heavy atom. The van der Waals surface area contributed by atoms with Crippen molar-refractivity contribution < 1.29 is 0 Å². The Bertz CT molecular complexity index is 835. The normalized spacial score (nSPS) is 11.5. The third kappa shape index (κ3) is 2.25. The number of hydrogen-bond donors (Lipinski definition) is 0. The summed E-state index contributed by atoms with van der Waals surface area (Å²) >= 11 is 0. The minimum atomic E-state index is -0.251.